The molecule has 0 radical (unpaired) electrons. The van der Waals surface area contributed by atoms with Crippen LogP contribution in [-0.4, -0.2) is 24.7 Å². The fourth-order valence-corrected chi connectivity index (χ4v) is 1.52. The molecule has 15 heavy (non-hydrogen) atoms. The Bertz CT molecular complexity index is 232. The average Bonchev–Trinajstić information content (AvgIpc) is 2.25. The van der Waals surface area contributed by atoms with Crippen molar-refractivity contribution in [3.05, 3.63) is 0 Å². The molecule has 1 saturated heterocycles. The van der Waals surface area contributed by atoms with Gasteiger partial charge in [0.25, 0.3) is 0 Å². The summed E-state index contributed by atoms with van der Waals surface area (Å²) in [5.41, 5.74) is -1.54. The Kier molecular flexibility index (Phi) is 3.09. The van der Waals surface area contributed by atoms with E-state index in [4.69, 9.17) is 9.47 Å². The topological polar surface area (TPSA) is 18.5 Å². The molecule has 1 aliphatic rings. The highest BCUT2D eigenvalue weighted by Gasteiger charge is 2.48. The van der Waals surface area contributed by atoms with Crippen LogP contribution in [0.4, 0.5) is 13.2 Å². The van der Waals surface area contributed by atoms with Crippen molar-refractivity contribution in [2.24, 2.45) is 5.41 Å². The van der Waals surface area contributed by atoms with Crippen LogP contribution in [0.3, 0.4) is 0 Å². The third kappa shape index (κ3) is 3.65. The van der Waals surface area contributed by atoms with E-state index in [0.29, 0.717) is 0 Å². The molecule has 0 aromatic carbocycles. The molecule has 1 fully saturated rings. The van der Waals surface area contributed by atoms with Crippen LogP contribution in [0, 0.1) is 5.41 Å². The first-order valence-corrected chi connectivity index (χ1v) is 4.88. The van der Waals surface area contributed by atoms with Crippen LogP contribution < -0.4 is 0 Å². The van der Waals surface area contributed by atoms with Gasteiger partial charge in [0.2, 0.25) is 0 Å². The molecule has 0 aliphatic carbocycles. The maximum atomic E-state index is 12.2. The van der Waals surface area contributed by atoms with Gasteiger partial charge in [-0.2, -0.15) is 13.2 Å². The maximum Gasteiger partial charge on any atom is 0.391 e. The van der Waals surface area contributed by atoms with Gasteiger partial charge in [-0.15, -0.1) is 0 Å². The van der Waals surface area contributed by atoms with E-state index in [2.05, 4.69) is 0 Å². The van der Waals surface area contributed by atoms with Crippen LogP contribution in [0.2, 0.25) is 0 Å². The summed E-state index contributed by atoms with van der Waals surface area (Å²) in [6.45, 7) is 7.05. The standard InChI is InChI=1S/C10H17F3O2/c1-8(2,3)7-14-6-9(4,15-7)5-10(11,12)13/h7H,5-6H2,1-4H3/t7-,9+/m0/s1. The van der Waals surface area contributed by atoms with E-state index in [9.17, 15) is 13.2 Å². The normalized spacial score (nSPS) is 33.4. The van der Waals surface area contributed by atoms with Crippen molar-refractivity contribution in [1.82, 2.24) is 0 Å². The van der Waals surface area contributed by atoms with Gasteiger partial charge >= 0.3 is 6.18 Å². The Labute approximate surface area is 87.7 Å². The second-order valence-electron chi connectivity index (χ2n) is 5.37. The SMILES string of the molecule is CC(C)(C)[C@H]1OC[C@@](C)(CC(F)(F)F)O1. The molecule has 0 N–H and O–H groups in total. The second kappa shape index (κ2) is 3.63. The van der Waals surface area contributed by atoms with Gasteiger partial charge in [-0.3, -0.25) is 0 Å². The van der Waals surface area contributed by atoms with Crippen LogP contribution in [-0.2, 0) is 9.47 Å². The molecule has 2 atom stereocenters. The number of ether oxygens (including phenoxy) is 2. The van der Waals surface area contributed by atoms with Crippen LogP contribution in [0.1, 0.15) is 34.1 Å². The summed E-state index contributed by atoms with van der Waals surface area (Å²) in [6, 6.07) is 0. The van der Waals surface area contributed by atoms with Gasteiger partial charge < -0.3 is 9.47 Å². The van der Waals surface area contributed by atoms with Crippen LogP contribution in [0.25, 0.3) is 0 Å². The van der Waals surface area contributed by atoms with Gasteiger partial charge in [-0.25, -0.2) is 0 Å². The fraction of sp³-hybridized carbons (Fsp3) is 1.00. The van der Waals surface area contributed by atoms with E-state index in [1.54, 1.807) is 0 Å². The Morgan fingerprint density at radius 2 is 1.80 bits per heavy atom. The zero-order valence-electron chi connectivity index (χ0n) is 9.44. The lowest BCUT2D eigenvalue weighted by molar-refractivity contribution is -0.195. The third-order valence-electron chi connectivity index (χ3n) is 2.21. The number of hydrogen-bond acceptors (Lipinski definition) is 2. The van der Waals surface area contributed by atoms with Crippen molar-refractivity contribution in [3.63, 3.8) is 0 Å². The summed E-state index contributed by atoms with van der Waals surface area (Å²) < 4.78 is 47.3. The molecule has 1 aliphatic heterocycles. The van der Waals surface area contributed by atoms with E-state index in [1.807, 2.05) is 20.8 Å². The average molecular weight is 226 g/mol. The summed E-state index contributed by atoms with van der Waals surface area (Å²) in [5, 5.41) is 0. The molecule has 0 aromatic rings. The van der Waals surface area contributed by atoms with E-state index < -0.39 is 24.5 Å². The Balaban J connectivity index is 2.62. The van der Waals surface area contributed by atoms with E-state index in [-0.39, 0.29) is 12.0 Å². The van der Waals surface area contributed by atoms with Gasteiger partial charge in [-0.1, -0.05) is 20.8 Å². The minimum atomic E-state index is -4.22. The quantitative estimate of drug-likeness (QED) is 0.684. The fourth-order valence-electron chi connectivity index (χ4n) is 1.52. The lowest BCUT2D eigenvalue weighted by atomic mass is 9.96. The third-order valence-corrected chi connectivity index (χ3v) is 2.21. The highest BCUT2D eigenvalue weighted by atomic mass is 19.4. The molecule has 1 heterocycles. The van der Waals surface area contributed by atoms with E-state index in [0.717, 1.165) is 0 Å². The molecule has 0 bridgehead atoms. The first-order chi connectivity index (χ1) is 6.52. The predicted octanol–water partition coefficient (Wildman–Crippen LogP) is 3.12. The number of rotatable bonds is 1. The first-order valence-electron chi connectivity index (χ1n) is 4.88. The van der Waals surface area contributed by atoms with Crippen molar-refractivity contribution >= 4 is 0 Å². The van der Waals surface area contributed by atoms with Crippen LogP contribution in [0.5, 0.6) is 0 Å². The van der Waals surface area contributed by atoms with Crippen molar-refractivity contribution in [3.8, 4) is 0 Å². The molecule has 0 aromatic heterocycles. The van der Waals surface area contributed by atoms with Gasteiger partial charge in [0.05, 0.1) is 13.0 Å². The molecule has 90 valence electrons. The molecule has 0 amide bonds. The molecule has 2 nitrogen and oxygen atoms in total. The van der Waals surface area contributed by atoms with E-state index in [1.165, 1.54) is 6.92 Å². The highest BCUT2D eigenvalue weighted by molar-refractivity contribution is 4.86. The molecule has 0 spiro atoms. The Hall–Kier alpha value is -0.290. The number of hydrogen-bond donors (Lipinski definition) is 0. The summed E-state index contributed by atoms with van der Waals surface area (Å²) >= 11 is 0. The molecular formula is C10H17F3O2. The monoisotopic (exact) mass is 226 g/mol. The van der Waals surface area contributed by atoms with E-state index >= 15 is 0 Å². The number of halogens is 3. The molecular weight excluding hydrogens is 209 g/mol. The summed E-state index contributed by atoms with van der Waals surface area (Å²) in [7, 11) is 0. The summed E-state index contributed by atoms with van der Waals surface area (Å²) in [4.78, 5) is 0. The molecule has 0 saturated carbocycles. The Morgan fingerprint density at radius 1 is 1.27 bits per heavy atom. The molecule has 5 heteroatoms. The second-order valence-corrected chi connectivity index (χ2v) is 5.37. The van der Waals surface area contributed by atoms with Crippen molar-refractivity contribution in [2.45, 2.75) is 52.2 Å². The largest absolute Gasteiger partial charge is 0.391 e. The Morgan fingerprint density at radius 3 is 2.13 bits per heavy atom. The summed E-state index contributed by atoms with van der Waals surface area (Å²) in [5.74, 6) is 0. The van der Waals surface area contributed by atoms with Gasteiger partial charge in [0.1, 0.15) is 5.60 Å². The van der Waals surface area contributed by atoms with Crippen LogP contribution >= 0.6 is 0 Å². The van der Waals surface area contributed by atoms with Gasteiger partial charge in [-0.05, 0) is 6.92 Å². The summed E-state index contributed by atoms with van der Waals surface area (Å²) in [6.07, 6.45) is -5.75. The zero-order chi connectivity index (χ0) is 11.9. The minimum absolute atomic E-state index is 0.00551. The van der Waals surface area contributed by atoms with Crippen molar-refractivity contribution in [2.75, 3.05) is 6.61 Å². The zero-order valence-corrected chi connectivity index (χ0v) is 9.44. The van der Waals surface area contributed by atoms with Crippen molar-refractivity contribution < 1.29 is 22.6 Å². The maximum absolute atomic E-state index is 12.2. The van der Waals surface area contributed by atoms with Crippen molar-refractivity contribution in [1.29, 1.82) is 0 Å². The molecule has 1 rings (SSSR count). The minimum Gasteiger partial charge on any atom is -0.349 e. The van der Waals surface area contributed by atoms with Crippen LogP contribution in [0.15, 0.2) is 0 Å². The highest BCUT2D eigenvalue weighted by Crippen LogP contribution is 2.39. The lowest BCUT2D eigenvalue weighted by Crippen LogP contribution is -2.36. The lowest BCUT2D eigenvalue weighted by Gasteiger charge is -2.28. The first kappa shape index (κ1) is 12.8. The smallest absolute Gasteiger partial charge is 0.349 e. The van der Waals surface area contributed by atoms with Gasteiger partial charge in [0, 0.05) is 5.41 Å². The molecule has 0 unspecified atom stereocenters. The number of alkyl halides is 3. The van der Waals surface area contributed by atoms with Gasteiger partial charge in [0.15, 0.2) is 6.29 Å². The predicted molar refractivity (Wildman–Crippen MR) is 49.4 cm³/mol.